The summed E-state index contributed by atoms with van der Waals surface area (Å²) in [4.78, 5) is 11.8. The van der Waals surface area contributed by atoms with Crippen molar-refractivity contribution in [3.63, 3.8) is 0 Å². The summed E-state index contributed by atoms with van der Waals surface area (Å²) in [6.07, 6.45) is 0. The first kappa shape index (κ1) is 10.9. The van der Waals surface area contributed by atoms with Gasteiger partial charge in [-0.2, -0.15) is 0 Å². The molecule has 3 N–H and O–H groups in total. The highest BCUT2D eigenvalue weighted by Gasteiger charge is 2.17. The van der Waals surface area contributed by atoms with E-state index in [1.165, 1.54) is 11.3 Å². The van der Waals surface area contributed by atoms with Crippen molar-refractivity contribution in [3.8, 4) is 0 Å². The van der Waals surface area contributed by atoms with Crippen LogP contribution in [0.2, 0.25) is 5.02 Å². The van der Waals surface area contributed by atoms with E-state index in [0.29, 0.717) is 9.90 Å². The fraction of sp³-hybridized carbons (Fsp3) is 0. The van der Waals surface area contributed by atoms with Gasteiger partial charge in [0.15, 0.2) is 0 Å². The van der Waals surface area contributed by atoms with E-state index in [1.807, 2.05) is 18.2 Å². The Kier molecular flexibility index (Phi) is 2.97. The van der Waals surface area contributed by atoms with Crippen LogP contribution in [0, 0.1) is 0 Å². The minimum atomic E-state index is -0.367. The van der Waals surface area contributed by atoms with Crippen LogP contribution in [-0.4, -0.2) is 5.91 Å². The van der Waals surface area contributed by atoms with E-state index >= 15 is 0 Å². The van der Waals surface area contributed by atoms with Crippen molar-refractivity contribution < 1.29 is 4.79 Å². The van der Waals surface area contributed by atoms with E-state index in [0.717, 1.165) is 14.6 Å². The molecule has 0 spiro atoms. The second-order valence-electron chi connectivity index (χ2n) is 2.83. The molecule has 2 rings (SSSR count). The number of carbonyl (C=O) groups excluding carboxylic acids is 1. The number of hydrogen-bond donors (Lipinski definition) is 2. The number of thiophene rings is 1. The van der Waals surface area contributed by atoms with Crippen molar-refractivity contribution in [3.05, 3.63) is 32.6 Å². The lowest BCUT2D eigenvalue weighted by molar-refractivity contribution is 0.0958. The van der Waals surface area contributed by atoms with Crippen molar-refractivity contribution >= 4 is 54.9 Å². The lowest BCUT2D eigenvalue weighted by atomic mass is 10.2. The Morgan fingerprint density at radius 1 is 1.53 bits per heavy atom. The number of carbonyl (C=O) groups is 1. The van der Waals surface area contributed by atoms with Gasteiger partial charge in [0, 0.05) is 14.6 Å². The molecule has 0 bridgehead atoms. The predicted octanol–water partition coefficient (Wildman–Crippen LogP) is 2.92. The van der Waals surface area contributed by atoms with Gasteiger partial charge < -0.3 is 0 Å². The molecular weight excluding hydrogens is 300 g/mol. The maximum atomic E-state index is 11.4. The monoisotopic (exact) mass is 304 g/mol. The first-order valence-corrected chi connectivity index (χ1v) is 6.01. The molecule has 0 atom stereocenters. The molecule has 1 amide bonds. The molecule has 2 aromatic rings. The SMILES string of the molecule is NNC(=O)c1sc2cccc(Br)c2c1Cl. The normalized spacial score (nSPS) is 10.6. The molecule has 6 heteroatoms. The molecule has 3 nitrogen and oxygen atoms in total. The van der Waals surface area contributed by atoms with Crippen LogP contribution >= 0.6 is 38.9 Å². The smallest absolute Gasteiger partial charge is 0.276 e. The first-order chi connectivity index (χ1) is 7.15. The fourth-order valence-corrected chi connectivity index (χ4v) is 3.58. The fourth-order valence-electron chi connectivity index (χ4n) is 1.28. The molecule has 1 aromatic carbocycles. The summed E-state index contributed by atoms with van der Waals surface area (Å²) in [5.74, 6) is 4.70. The van der Waals surface area contributed by atoms with E-state index in [1.54, 1.807) is 0 Å². The number of amides is 1. The average molecular weight is 306 g/mol. The van der Waals surface area contributed by atoms with Crippen molar-refractivity contribution in [2.75, 3.05) is 0 Å². The average Bonchev–Trinajstić information content (AvgIpc) is 2.56. The molecule has 0 fully saturated rings. The quantitative estimate of drug-likeness (QED) is 0.483. The maximum absolute atomic E-state index is 11.4. The molecule has 0 unspecified atom stereocenters. The van der Waals surface area contributed by atoms with Crippen LogP contribution in [0.1, 0.15) is 9.67 Å². The number of nitrogen functional groups attached to an aromatic ring is 1. The van der Waals surface area contributed by atoms with Crippen LogP contribution in [0.4, 0.5) is 0 Å². The van der Waals surface area contributed by atoms with Gasteiger partial charge in [-0.05, 0) is 12.1 Å². The van der Waals surface area contributed by atoms with Gasteiger partial charge in [-0.25, -0.2) is 5.84 Å². The molecular formula is C9H6BrClN2OS. The van der Waals surface area contributed by atoms with Gasteiger partial charge in [0.05, 0.1) is 5.02 Å². The predicted molar refractivity (Wildman–Crippen MR) is 66.2 cm³/mol. The zero-order valence-electron chi connectivity index (χ0n) is 7.38. The molecule has 0 saturated carbocycles. The maximum Gasteiger partial charge on any atom is 0.276 e. The zero-order chi connectivity index (χ0) is 11.0. The molecule has 0 aliphatic heterocycles. The van der Waals surface area contributed by atoms with Gasteiger partial charge >= 0.3 is 0 Å². The molecule has 0 radical (unpaired) electrons. The lowest BCUT2D eigenvalue weighted by Crippen LogP contribution is -2.29. The third kappa shape index (κ3) is 1.76. The van der Waals surface area contributed by atoms with Crippen molar-refractivity contribution in [2.24, 2.45) is 5.84 Å². The molecule has 0 aliphatic carbocycles. The largest absolute Gasteiger partial charge is 0.289 e. The second kappa shape index (κ2) is 4.09. The summed E-state index contributed by atoms with van der Waals surface area (Å²) < 4.78 is 1.82. The Morgan fingerprint density at radius 3 is 2.87 bits per heavy atom. The standard InChI is InChI=1S/C9H6BrClN2OS/c10-4-2-1-3-5-6(4)7(11)8(15-5)9(14)13-12/h1-3H,12H2,(H,13,14). The highest BCUT2D eigenvalue weighted by Crippen LogP contribution is 2.39. The summed E-state index contributed by atoms with van der Waals surface area (Å²) in [5, 5.41) is 1.29. The third-order valence-corrected chi connectivity index (χ3v) is 4.25. The number of benzene rings is 1. The van der Waals surface area contributed by atoms with Gasteiger partial charge in [0.1, 0.15) is 4.88 Å². The second-order valence-corrected chi connectivity index (χ2v) is 5.12. The Labute approximate surface area is 103 Å². The number of fused-ring (bicyclic) bond motifs is 1. The van der Waals surface area contributed by atoms with Gasteiger partial charge in [0.2, 0.25) is 0 Å². The topological polar surface area (TPSA) is 55.1 Å². The number of hydrazine groups is 1. The van der Waals surface area contributed by atoms with Crippen molar-refractivity contribution in [1.82, 2.24) is 5.43 Å². The third-order valence-electron chi connectivity index (χ3n) is 1.94. The minimum Gasteiger partial charge on any atom is -0.289 e. The van der Waals surface area contributed by atoms with Gasteiger partial charge in [-0.3, -0.25) is 10.2 Å². The molecule has 78 valence electrons. The molecule has 1 aromatic heterocycles. The lowest BCUT2D eigenvalue weighted by Gasteiger charge is -1.95. The van der Waals surface area contributed by atoms with Crippen LogP contribution in [0.3, 0.4) is 0 Å². The van der Waals surface area contributed by atoms with Crippen molar-refractivity contribution in [1.29, 1.82) is 0 Å². The summed E-state index contributed by atoms with van der Waals surface area (Å²) in [5.41, 5.74) is 2.07. The number of nitrogens with one attached hydrogen (secondary N) is 1. The first-order valence-electron chi connectivity index (χ1n) is 4.02. The van der Waals surface area contributed by atoms with Gasteiger partial charge in [0.25, 0.3) is 5.91 Å². The Balaban J connectivity index is 2.75. The van der Waals surface area contributed by atoms with E-state index in [9.17, 15) is 4.79 Å². The summed E-state index contributed by atoms with van der Waals surface area (Å²) in [6, 6.07) is 5.68. The summed E-state index contributed by atoms with van der Waals surface area (Å²) in [6.45, 7) is 0. The summed E-state index contributed by atoms with van der Waals surface area (Å²) >= 11 is 10.8. The number of nitrogens with two attached hydrogens (primary N) is 1. The van der Waals surface area contributed by atoms with Crippen molar-refractivity contribution in [2.45, 2.75) is 0 Å². The highest BCUT2D eigenvalue weighted by atomic mass is 79.9. The molecule has 0 aliphatic rings. The van der Waals surface area contributed by atoms with E-state index in [2.05, 4.69) is 21.4 Å². The van der Waals surface area contributed by atoms with Gasteiger partial charge in [-0.15, -0.1) is 11.3 Å². The van der Waals surface area contributed by atoms with E-state index in [4.69, 9.17) is 17.4 Å². The Hall–Kier alpha value is -0.620. The van der Waals surface area contributed by atoms with Crippen LogP contribution in [0.15, 0.2) is 22.7 Å². The van der Waals surface area contributed by atoms with Crippen LogP contribution in [0.25, 0.3) is 10.1 Å². The Bertz CT molecular complexity index is 540. The minimum absolute atomic E-state index is 0.367. The van der Waals surface area contributed by atoms with Crippen LogP contribution in [0.5, 0.6) is 0 Å². The van der Waals surface area contributed by atoms with E-state index < -0.39 is 0 Å². The number of halogens is 2. The zero-order valence-corrected chi connectivity index (χ0v) is 10.5. The van der Waals surface area contributed by atoms with Crippen LogP contribution in [-0.2, 0) is 0 Å². The molecule has 15 heavy (non-hydrogen) atoms. The van der Waals surface area contributed by atoms with E-state index in [-0.39, 0.29) is 5.91 Å². The number of rotatable bonds is 1. The molecule has 0 saturated heterocycles. The summed E-state index contributed by atoms with van der Waals surface area (Å²) in [7, 11) is 0. The Morgan fingerprint density at radius 2 is 2.27 bits per heavy atom. The van der Waals surface area contributed by atoms with Crippen LogP contribution < -0.4 is 11.3 Å². The number of hydrogen-bond acceptors (Lipinski definition) is 3. The highest BCUT2D eigenvalue weighted by molar-refractivity contribution is 9.10. The van der Waals surface area contributed by atoms with Gasteiger partial charge in [-0.1, -0.05) is 33.6 Å². The molecule has 1 heterocycles.